The van der Waals surface area contributed by atoms with Gasteiger partial charge in [-0.1, -0.05) is 18.2 Å². The Balaban J connectivity index is 2.51. The van der Waals surface area contributed by atoms with E-state index in [1.807, 2.05) is 13.8 Å². The van der Waals surface area contributed by atoms with Gasteiger partial charge < -0.3 is 15.2 Å². The topological polar surface area (TPSA) is 58.0 Å². The number of nitriles is 1. The van der Waals surface area contributed by atoms with Crippen LogP contribution in [-0.4, -0.2) is 17.7 Å². The van der Waals surface area contributed by atoms with Crippen LogP contribution in [0.4, 0.5) is 15.9 Å². The molecule has 2 aromatic rings. The molecule has 0 bridgehead atoms. The summed E-state index contributed by atoms with van der Waals surface area (Å²) in [5.74, 6) is 0.499. The van der Waals surface area contributed by atoms with Crippen LogP contribution in [0, 0.1) is 17.1 Å². The van der Waals surface area contributed by atoms with Gasteiger partial charge in [0.25, 0.3) is 0 Å². The van der Waals surface area contributed by atoms with E-state index in [0.29, 0.717) is 23.5 Å². The largest absolute Gasteiger partial charge is 0.396 e. The lowest BCUT2D eigenvalue weighted by Crippen LogP contribution is -2.26. The predicted molar refractivity (Wildman–Crippen MR) is 82.6 cm³/mol. The minimum absolute atomic E-state index is 0.279. The molecule has 0 aliphatic carbocycles. The van der Waals surface area contributed by atoms with Crippen molar-refractivity contribution in [3.05, 3.63) is 47.4 Å². The Morgan fingerprint density at radius 3 is 2.52 bits per heavy atom. The van der Waals surface area contributed by atoms with Crippen molar-refractivity contribution in [3.63, 3.8) is 0 Å². The summed E-state index contributed by atoms with van der Waals surface area (Å²) in [6.07, 6.45) is 0. The Morgan fingerprint density at radius 2 is 1.95 bits per heavy atom. The number of rotatable bonds is 5. The molecule has 1 aromatic carbocycles. The maximum atomic E-state index is 13.9. The first-order valence-electron chi connectivity index (χ1n) is 6.99. The molecule has 0 atom stereocenters. The van der Waals surface area contributed by atoms with E-state index in [9.17, 15) is 9.65 Å². The van der Waals surface area contributed by atoms with E-state index in [4.69, 9.17) is 5.73 Å². The van der Waals surface area contributed by atoms with Crippen LogP contribution < -0.4 is 10.6 Å². The maximum Gasteiger partial charge on any atom is 0.133 e. The molecule has 0 fully saturated rings. The lowest BCUT2D eigenvalue weighted by Gasteiger charge is -2.24. The number of halogens is 1. The van der Waals surface area contributed by atoms with Gasteiger partial charge in [0.2, 0.25) is 0 Å². The van der Waals surface area contributed by atoms with Crippen molar-refractivity contribution in [3.8, 4) is 6.07 Å². The number of nitrogens with two attached hydrogens (primary N) is 1. The molecule has 0 unspecified atom stereocenters. The minimum atomic E-state index is -0.279. The standard InChI is InChI=1S/C16H19FN4/c1-3-20(4-2)16-15(19)9-13(10-18)21(16)11-12-7-5-6-8-14(12)17/h5-9H,3-4,11,19H2,1-2H3. The summed E-state index contributed by atoms with van der Waals surface area (Å²) < 4.78 is 15.7. The van der Waals surface area contributed by atoms with Gasteiger partial charge in [-0.25, -0.2) is 4.39 Å². The summed E-state index contributed by atoms with van der Waals surface area (Å²) in [5, 5.41) is 9.29. The molecule has 0 saturated heterocycles. The van der Waals surface area contributed by atoms with Crippen LogP contribution >= 0.6 is 0 Å². The molecule has 2 N–H and O–H groups in total. The van der Waals surface area contributed by atoms with Crippen LogP contribution in [0.3, 0.4) is 0 Å². The van der Waals surface area contributed by atoms with Crippen molar-refractivity contribution in [2.24, 2.45) is 0 Å². The highest BCUT2D eigenvalue weighted by Crippen LogP contribution is 2.29. The second-order valence-corrected chi connectivity index (χ2v) is 4.77. The van der Waals surface area contributed by atoms with Crippen LogP contribution in [0.5, 0.6) is 0 Å². The van der Waals surface area contributed by atoms with Gasteiger partial charge in [-0.05, 0) is 26.0 Å². The molecule has 2 rings (SSSR count). The molecular formula is C16H19FN4. The molecule has 0 spiro atoms. The van der Waals surface area contributed by atoms with E-state index < -0.39 is 0 Å². The zero-order valence-electron chi connectivity index (χ0n) is 12.3. The highest BCUT2D eigenvalue weighted by atomic mass is 19.1. The molecule has 0 aliphatic rings. The van der Waals surface area contributed by atoms with E-state index in [-0.39, 0.29) is 5.82 Å². The molecular weight excluding hydrogens is 267 g/mol. The third-order valence-corrected chi connectivity index (χ3v) is 3.56. The van der Waals surface area contributed by atoms with Crippen molar-refractivity contribution < 1.29 is 4.39 Å². The number of aromatic nitrogens is 1. The first-order valence-corrected chi connectivity index (χ1v) is 6.99. The third kappa shape index (κ3) is 2.84. The monoisotopic (exact) mass is 286 g/mol. The Hall–Kier alpha value is -2.48. The van der Waals surface area contributed by atoms with Crippen LogP contribution in [-0.2, 0) is 6.54 Å². The summed E-state index contributed by atoms with van der Waals surface area (Å²) in [6, 6.07) is 10.4. The van der Waals surface area contributed by atoms with E-state index in [1.54, 1.807) is 28.8 Å². The normalized spacial score (nSPS) is 10.4. The average molecular weight is 286 g/mol. The number of anilines is 2. The number of nitrogen functional groups attached to an aromatic ring is 1. The van der Waals surface area contributed by atoms with Gasteiger partial charge in [-0.3, -0.25) is 0 Å². The zero-order chi connectivity index (χ0) is 15.4. The molecule has 1 heterocycles. The zero-order valence-corrected chi connectivity index (χ0v) is 12.3. The third-order valence-electron chi connectivity index (χ3n) is 3.56. The van der Waals surface area contributed by atoms with Gasteiger partial charge in [-0.15, -0.1) is 0 Å². The summed E-state index contributed by atoms with van der Waals surface area (Å²) in [5.41, 5.74) is 7.58. The average Bonchev–Trinajstić information content (AvgIpc) is 2.80. The SMILES string of the molecule is CCN(CC)c1c(N)cc(C#N)n1Cc1ccccc1F. The highest BCUT2D eigenvalue weighted by Gasteiger charge is 2.18. The van der Waals surface area contributed by atoms with E-state index in [2.05, 4.69) is 11.0 Å². The smallest absolute Gasteiger partial charge is 0.133 e. The second-order valence-electron chi connectivity index (χ2n) is 4.77. The number of hydrogen-bond donors (Lipinski definition) is 1. The molecule has 110 valence electrons. The Labute approximate surface area is 124 Å². The molecule has 1 aromatic heterocycles. The van der Waals surface area contributed by atoms with Crippen molar-refractivity contribution >= 4 is 11.5 Å². The molecule has 5 heteroatoms. The first-order chi connectivity index (χ1) is 10.1. The van der Waals surface area contributed by atoms with Crippen LogP contribution in [0.2, 0.25) is 0 Å². The maximum absolute atomic E-state index is 13.9. The van der Waals surface area contributed by atoms with Gasteiger partial charge in [0, 0.05) is 18.7 Å². The Kier molecular flexibility index (Phi) is 4.49. The predicted octanol–water partition coefficient (Wildman–Crippen LogP) is 2.98. The van der Waals surface area contributed by atoms with Crippen molar-refractivity contribution in [2.75, 3.05) is 23.7 Å². The summed E-state index contributed by atoms with van der Waals surface area (Å²) in [7, 11) is 0. The van der Waals surface area contributed by atoms with Crippen LogP contribution in [0.15, 0.2) is 30.3 Å². The molecule has 0 amide bonds. The van der Waals surface area contributed by atoms with Crippen molar-refractivity contribution in [1.82, 2.24) is 4.57 Å². The highest BCUT2D eigenvalue weighted by molar-refractivity contribution is 5.68. The van der Waals surface area contributed by atoms with E-state index >= 15 is 0 Å². The van der Waals surface area contributed by atoms with Crippen LogP contribution in [0.25, 0.3) is 0 Å². The quantitative estimate of drug-likeness (QED) is 0.919. The van der Waals surface area contributed by atoms with Gasteiger partial charge in [0.1, 0.15) is 23.4 Å². The molecule has 0 radical (unpaired) electrons. The van der Waals surface area contributed by atoms with Gasteiger partial charge >= 0.3 is 0 Å². The van der Waals surface area contributed by atoms with Crippen molar-refractivity contribution in [1.29, 1.82) is 5.26 Å². The number of benzene rings is 1. The Morgan fingerprint density at radius 1 is 1.29 bits per heavy atom. The van der Waals surface area contributed by atoms with Crippen LogP contribution in [0.1, 0.15) is 25.1 Å². The summed E-state index contributed by atoms with van der Waals surface area (Å²) in [4.78, 5) is 2.07. The van der Waals surface area contributed by atoms with Gasteiger partial charge in [0.05, 0.1) is 12.2 Å². The Bertz CT molecular complexity index is 665. The first kappa shape index (κ1) is 14.9. The fraction of sp³-hybridized carbons (Fsp3) is 0.312. The van der Waals surface area contributed by atoms with E-state index in [0.717, 1.165) is 18.9 Å². The van der Waals surface area contributed by atoms with Gasteiger partial charge in [-0.2, -0.15) is 5.26 Å². The van der Waals surface area contributed by atoms with Gasteiger partial charge in [0.15, 0.2) is 0 Å². The number of nitrogens with zero attached hydrogens (tertiary/aromatic N) is 3. The number of hydrogen-bond acceptors (Lipinski definition) is 3. The lowest BCUT2D eigenvalue weighted by atomic mass is 10.2. The fourth-order valence-corrected chi connectivity index (χ4v) is 2.49. The fourth-order valence-electron chi connectivity index (χ4n) is 2.49. The summed E-state index contributed by atoms with van der Waals surface area (Å²) >= 11 is 0. The molecule has 21 heavy (non-hydrogen) atoms. The molecule has 0 saturated carbocycles. The summed E-state index contributed by atoms with van der Waals surface area (Å²) in [6.45, 7) is 5.88. The van der Waals surface area contributed by atoms with Crippen molar-refractivity contribution in [2.45, 2.75) is 20.4 Å². The van der Waals surface area contributed by atoms with E-state index in [1.165, 1.54) is 6.07 Å². The second kappa shape index (κ2) is 6.31. The minimum Gasteiger partial charge on any atom is -0.396 e. The molecule has 0 aliphatic heterocycles. The lowest BCUT2D eigenvalue weighted by molar-refractivity contribution is 0.597. The molecule has 4 nitrogen and oxygen atoms in total.